The summed E-state index contributed by atoms with van der Waals surface area (Å²) in [5, 5.41) is 9.57. The number of ether oxygens (including phenoxy) is 2. The van der Waals surface area contributed by atoms with Gasteiger partial charge in [0.2, 0.25) is 0 Å². The summed E-state index contributed by atoms with van der Waals surface area (Å²) in [5.74, 6) is -0.587. The molecule has 296 valence electrons. The van der Waals surface area contributed by atoms with Crippen LogP contribution >= 0.6 is 0 Å². The molecule has 0 aromatic carbocycles. The Bertz CT molecular complexity index is 720. The number of aliphatic hydroxyl groups excluding tert-OH is 1. The van der Waals surface area contributed by atoms with Crippen molar-refractivity contribution in [1.82, 2.24) is 0 Å². The largest absolute Gasteiger partial charge is 0.462 e. The van der Waals surface area contributed by atoms with Gasteiger partial charge in [-0.05, 0) is 38.5 Å². The highest BCUT2D eigenvalue weighted by Crippen LogP contribution is 2.16. The minimum absolute atomic E-state index is 0.0641. The first kappa shape index (κ1) is 48.6. The zero-order valence-corrected chi connectivity index (χ0v) is 33.7. The van der Waals surface area contributed by atoms with Gasteiger partial charge in [0.15, 0.2) is 6.10 Å². The fourth-order valence-corrected chi connectivity index (χ4v) is 6.67. The van der Waals surface area contributed by atoms with Crippen LogP contribution in [0.5, 0.6) is 0 Å². The summed E-state index contributed by atoms with van der Waals surface area (Å²) >= 11 is 0. The average Bonchev–Trinajstić information content (AvgIpc) is 3.12. The molecule has 0 rings (SSSR count). The standard InChI is InChI=1S/C45H86O5/c1-3-5-7-9-11-13-15-17-19-20-21-22-23-24-25-26-28-30-32-34-36-38-40-45(48)50-43(41-46)42-49-44(47)39-37-35-33-31-29-27-18-16-14-12-10-8-6-4-2/h16,18,43,46H,3-15,17,19-42H2,1-2H3/b18-16+/t43-/m0/s1. The molecule has 0 bridgehead atoms. The Labute approximate surface area is 311 Å². The van der Waals surface area contributed by atoms with Gasteiger partial charge in [-0.3, -0.25) is 9.59 Å². The van der Waals surface area contributed by atoms with E-state index in [-0.39, 0.29) is 25.2 Å². The van der Waals surface area contributed by atoms with E-state index < -0.39 is 6.10 Å². The van der Waals surface area contributed by atoms with Crippen LogP contribution in [0.2, 0.25) is 0 Å². The normalized spacial score (nSPS) is 12.1. The number of hydrogen-bond donors (Lipinski definition) is 1. The SMILES string of the molecule is CCCCCCC/C=C/CCCCCCCC(=O)OC[C@H](CO)OC(=O)CCCCCCCCCCCCCCCCCCCCCCCC. The second kappa shape index (κ2) is 42.1. The molecule has 0 aliphatic carbocycles. The van der Waals surface area contributed by atoms with Crippen LogP contribution < -0.4 is 0 Å². The van der Waals surface area contributed by atoms with Crippen molar-refractivity contribution >= 4 is 11.9 Å². The summed E-state index contributed by atoms with van der Waals surface area (Å²) < 4.78 is 10.6. The third kappa shape index (κ3) is 39.4. The fraction of sp³-hybridized carbons (Fsp3) is 0.911. The molecule has 1 atom stereocenters. The van der Waals surface area contributed by atoms with E-state index in [2.05, 4.69) is 26.0 Å². The number of rotatable bonds is 41. The highest BCUT2D eigenvalue weighted by molar-refractivity contribution is 5.70. The summed E-state index contributed by atoms with van der Waals surface area (Å²) in [4.78, 5) is 24.3. The first-order chi connectivity index (χ1) is 24.6. The molecule has 0 saturated heterocycles. The van der Waals surface area contributed by atoms with E-state index in [1.54, 1.807) is 0 Å². The summed E-state index contributed by atoms with van der Waals surface area (Å²) in [7, 11) is 0. The van der Waals surface area contributed by atoms with Gasteiger partial charge in [0.05, 0.1) is 6.61 Å². The van der Waals surface area contributed by atoms with E-state index in [1.165, 1.54) is 173 Å². The van der Waals surface area contributed by atoms with E-state index in [0.717, 1.165) is 44.9 Å². The molecule has 0 heterocycles. The maximum Gasteiger partial charge on any atom is 0.306 e. The zero-order valence-electron chi connectivity index (χ0n) is 33.7. The Balaban J connectivity index is 3.46. The maximum atomic E-state index is 12.2. The molecule has 5 heteroatoms. The molecular weight excluding hydrogens is 620 g/mol. The molecule has 0 aromatic rings. The van der Waals surface area contributed by atoms with Crippen molar-refractivity contribution in [3.63, 3.8) is 0 Å². The van der Waals surface area contributed by atoms with Crippen molar-refractivity contribution in [2.45, 2.75) is 251 Å². The molecule has 0 saturated carbocycles. The number of allylic oxidation sites excluding steroid dienone is 2. The molecule has 0 fully saturated rings. The Morgan fingerprint density at radius 2 is 0.740 bits per heavy atom. The molecule has 50 heavy (non-hydrogen) atoms. The van der Waals surface area contributed by atoms with Crippen molar-refractivity contribution < 1.29 is 24.2 Å². The first-order valence-corrected chi connectivity index (χ1v) is 22.2. The monoisotopic (exact) mass is 707 g/mol. The van der Waals surface area contributed by atoms with Crippen molar-refractivity contribution in [3.05, 3.63) is 12.2 Å². The number of hydrogen-bond acceptors (Lipinski definition) is 5. The van der Waals surface area contributed by atoms with Crippen LogP contribution in [-0.2, 0) is 19.1 Å². The van der Waals surface area contributed by atoms with E-state index in [4.69, 9.17) is 9.47 Å². The van der Waals surface area contributed by atoms with Gasteiger partial charge >= 0.3 is 11.9 Å². The Hall–Kier alpha value is -1.36. The lowest BCUT2D eigenvalue weighted by Gasteiger charge is -2.15. The van der Waals surface area contributed by atoms with Gasteiger partial charge in [-0.15, -0.1) is 0 Å². The van der Waals surface area contributed by atoms with E-state index in [0.29, 0.717) is 12.8 Å². The third-order valence-corrected chi connectivity index (χ3v) is 10.1. The molecule has 0 aliphatic heterocycles. The minimum Gasteiger partial charge on any atom is -0.462 e. The van der Waals surface area contributed by atoms with Gasteiger partial charge in [0, 0.05) is 12.8 Å². The lowest BCUT2D eigenvalue weighted by atomic mass is 10.0. The molecule has 0 amide bonds. The predicted octanol–water partition coefficient (Wildman–Crippen LogP) is 14.1. The number of unbranched alkanes of at least 4 members (excludes halogenated alkanes) is 31. The van der Waals surface area contributed by atoms with E-state index in [1.807, 2.05) is 0 Å². The van der Waals surface area contributed by atoms with Crippen LogP contribution in [-0.4, -0.2) is 36.4 Å². The fourth-order valence-electron chi connectivity index (χ4n) is 6.67. The second-order valence-corrected chi connectivity index (χ2v) is 15.1. The highest BCUT2D eigenvalue weighted by Gasteiger charge is 2.16. The maximum absolute atomic E-state index is 12.2. The van der Waals surface area contributed by atoms with E-state index >= 15 is 0 Å². The number of carbonyl (C=O) groups is 2. The van der Waals surface area contributed by atoms with Crippen molar-refractivity contribution in [2.24, 2.45) is 0 Å². The van der Waals surface area contributed by atoms with Gasteiger partial charge in [-0.25, -0.2) is 0 Å². The number of aliphatic hydroxyl groups is 1. The van der Waals surface area contributed by atoms with Crippen molar-refractivity contribution in [1.29, 1.82) is 0 Å². The van der Waals surface area contributed by atoms with Crippen LogP contribution in [0.1, 0.15) is 245 Å². The molecule has 5 nitrogen and oxygen atoms in total. The molecule has 0 aliphatic rings. The molecule has 0 radical (unpaired) electrons. The summed E-state index contributed by atoms with van der Waals surface area (Å²) in [5.41, 5.74) is 0. The molecular formula is C45H86O5. The Morgan fingerprint density at radius 1 is 0.440 bits per heavy atom. The predicted molar refractivity (Wildman–Crippen MR) is 215 cm³/mol. The first-order valence-electron chi connectivity index (χ1n) is 22.2. The average molecular weight is 707 g/mol. The summed E-state index contributed by atoms with van der Waals surface area (Å²) in [6.45, 7) is 4.15. The van der Waals surface area contributed by atoms with Crippen LogP contribution in [0.3, 0.4) is 0 Å². The highest BCUT2D eigenvalue weighted by atomic mass is 16.6. The van der Waals surface area contributed by atoms with Crippen LogP contribution in [0.15, 0.2) is 12.2 Å². The molecule has 0 aromatic heterocycles. The minimum atomic E-state index is -0.768. The Kier molecular flexibility index (Phi) is 40.9. The summed E-state index contributed by atoms with van der Waals surface area (Å²) in [6.07, 6.45) is 48.6. The third-order valence-electron chi connectivity index (χ3n) is 10.1. The Morgan fingerprint density at radius 3 is 1.08 bits per heavy atom. The topological polar surface area (TPSA) is 72.8 Å². The van der Waals surface area contributed by atoms with Crippen LogP contribution in [0.25, 0.3) is 0 Å². The van der Waals surface area contributed by atoms with Gasteiger partial charge in [0.25, 0.3) is 0 Å². The van der Waals surface area contributed by atoms with Crippen LogP contribution in [0.4, 0.5) is 0 Å². The lowest BCUT2D eigenvalue weighted by Crippen LogP contribution is -2.28. The molecule has 0 spiro atoms. The number of esters is 2. The van der Waals surface area contributed by atoms with Gasteiger partial charge in [-0.1, -0.05) is 206 Å². The van der Waals surface area contributed by atoms with Gasteiger partial charge < -0.3 is 14.6 Å². The van der Waals surface area contributed by atoms with Crippen LogP contribution in [0, 0.1) is 0 Å². The lowest BCUT2D eigenvalue weighted by molar-refractivity contribution is -0.161. The quantitative estimate of drug-likeness (QED) is 0.0389. The van der Waals surface area contributed by atoms with Gasteiger partial charge in [-0.2, -0.15) is 0 Å². The van der Waals surface area contributed by atoms with Crippen molar-refractivity contribution in [2.75, 3.05) is 13.2 Å². The van der Waals surface area contributed by atoms with Gasteiger partial charge in [0.1, 0.15) is 6.61 Å². The zero-order chi connectivity index (χ0) is 36.4. The summed E-state index contributed by atoms with van der Waals surface area (Å²) in [6, 6.07) is 0. The number of carbonyl (C=O) groups excluding carboxylic acids is 2. The second-order valence-electron chi connectivity index (χ2n) is 15.1. The van der Waals surface area contributed by atoms with Crippen molar-refractivity contribution in [3.8, 4) is 0 Å². The van der Waals surface area contributed by atoms with E-state index in [9.17, 15) is 14.7 Å². The molecule has 1 N–H and O–H groups in total. The smallest absolute Gasteiger partial charge is 0.306 e. The molecule has 0 unspecified atom stereocenters.